The first-order chi connectivity index (χ1) is 13.0. The number of unbranched alkanes of at least 4 members (excludes halogenated alkanes) is 13. The van der Waals surface area contributed by atoms with Gasteiger partial charge in [0, 0.05) is 0 Å². The van der Waals surface area contributed by atoms with Gasteiger partial charge in [0.1, 0.15) is 5.92 Å². The van der Waals surface area contributed by atoms with Crippen LogP contribution in [0.5, 0.6) is 0 Å². The molecule has 1 aliphatic rings. The lowest BCUT2D eigenvalue weighted by molar-refractivity contribution is -0.157. The third-order valence-corrected chi connectivity index (χ3v) is 5.85. The number of carbonyl (C=O) groups excluding carboxylic acids is 1. The van der Waals surface area contributed by atoms with Gasteiger partial charge in [0.25, 0.3) is 0 Å². The van der Waals surface area contributed by atoms with Gasteiger partial charge in [-0.1, -0.05) is 109 Å². The first-order valence-corrected chi connectivity index (χ1v) is 11.2. The number of hydrogen-bond donors (Lipinski definition) is 2. The van der Waals surface area contributed by atoms with E-state index < -0.39 is 23.6 Å². The quantitative estimate of drug-likeness (QED) is 0.216. The average molecular weight is 383 g/mol. The van der Waals surface area contributed by atoms with E-state index in [-0.39, 0.29) is 0 Å². The maximum absolute atomic E-state index is 11.8. The fourth-order valence-electron chi connectivity index (χ4n) is 4.09. The molecule has 1 aliphatic carbocycles. The van der Waals surface area contributed by atoms with E-state index in [1.165, 1.54) is 90.2 Å². The predicted molar refractivity (Wildman–Crippen MR) is 111 cm³/mol. The molecule has 0 unspecified atom stereocenters. The number of carbonyl (C=O) groups is 1. The van der Waals surface area contributed by atoms with Gasteiger partial charge in [-0.3, -0.25) is 4.79 Å². The van der Waals surface area contributed by atoms with Crippen molar-refractivity contribution in [2.24, 2.45) is 5.92 Å². The third kappa shape index (κ3) is 9.25. The number of esters is 1. The molecular weight excluding hydrogens is 340 g/mol. The summed E-state index contributed by atoms with van der Waals surface area (Å²) in [5, 5.41) is 20.6. The molecule has 0 bridgehead atoms. The lowest BCUT2D eigenvalue weighted by Crippen LogP contribution is -2.43. The Balaban J connectivity index is 1.98. The van der Waals surface area contributed by atoms with Crippen molar-refractivity contribution in [3.05, 3.63) is 12.2 Å². The highest BCUT2D eigenvalue weighted by atomic mass is 16.5. The van der Waals surface area contributed by atoms with Crippen LogP contribution in [-0.4, -0.2) is 35.0 Å². The molecule has 0 aliphatic heterocycles. The second-order valence-electron chi connectivity index (χ2n) is 8.19. The van der Waals surface area contributed by atoms with Gasteiger partial charge in [-0.25, -0.2) is 0 Å². The minimum absolute atomic E-state index is 0.498. The maximum atomic E-state index is 11.8. The van der Waals surface area contributed by atoms with Gasteiger partial charge in [0.2, 0.25) is 0 Å². The molecule has 0 saturated carbocycles. The van der Waals surface area contributed by atoms with E-state index in [4.69, 9.17) is 4.74 Å². The largest absolute Gasteiger partial charge is 0.469 e. The molecule has 27 heavy (non-hydrogen) atoms. The molecule has 0 aromatic carbocycles. The molecule has 0 saturated heterocycles. The Morgan fingerprint density at radius 1 is 0.889 bits per heavy atom. The standard InChI is InChI=1S/C23H42O4/c1-3-4-5-6-7-8-9-10-11-12-13-14-15-16-18-23(26)19-17-20(24)21(23)22(25)27-2/h17,19-21,24,26H,3-16,18H2,1-2H3/t20-,21-,23-/m0/s1. The van der Waals surface area contributed by atoms with Crippen molar-refractivity contribution in [3.8, 4) is 0 Å². The van der Waals surface area contributed by atoms with E-state index in [2.05, 4.69) is 6.92 Å². The predicted octanol–water partition coefficient (Wildman–Crippen LogP) is 5.31. The minimum atomic E-state index is -1.26. The van der Waals surface area contributed by atoms with Crippen LogP contribution in [0.25, 0.3) is 0 Å². The van der Waals surface area contributed by atoms with Crippen LogP contribution < -0.4 is 0 Å². The van der Waals surface area contributed by atoms with Gasteiger partial charge in [0.05, 0.1) is 18.8 Å². The lowest BCUT2D eigenvalue weighted by atomic mass is 9.84. The van der Waals surface area contributed by atoms with Crippen LogP contribution in [-0.2, 0) is 9.53 Å². The lowest BCUT2D eigenvalue weighted by Gasteiger charge is -2.29. The first-order valence-electron chi connectivity index (χ1n) is 11.2. The van der Waals surface area contributed by atoms with E-state index in [0.29, 0.717) is 6.42 Å². The molecule has 0 heterocycles. The third-order valence-electron chi connectivity index (χ3n) is 5.85. The summed E-state index contributed by atoms with van der Waals surface area (Å²) in [6.45, 7) is 2.26. The average Bonchev–Trinajstić information content (AvgIpc) is 2.96. The van der Waals surface area contributed by atoms with Crippen LogP contribution >= 0.6 is 0 Å². The van der Waals surface area contributed by atoms with Gasteiger partial charge in [0.15, 0.2) is 0 Å². The normalized spacial score (nSPS) is 24.4. The van der Waals surface area contributed by atoms with Gasteiger partial charge in [-0.2, -0.15) is 0 Å². The monoisotopic (exact) mass is 382 g/mol. The Kier molecular flexibility index (Phi) is 12.7. The Hall–Kier alpha value is -0.870. The van der Waals surface area contributed by atoms with Crippen LogP contribution in [0.3, 0.4) is 0 Å². The van der Waals surface area contributed by atoms with E-state index >= 15 is 0 Å². The molecule has 0 aromatic rings. The molecule has 0 amide bonds. The van der Waals surface area contributed by atoms with Crippen molar-refractivity contribution in [1.82, 2.24) is 0 Å². The van der Waals surface area contributed by atoms with E-state index in [1.54, 1.807) is 6.08 Å². The van der Waals surface area contributed by atoms with Crippen LogP contribution in [0.15, 0.2) is 12.2 Å². The van der Waals surface area contributed by atoms with Gasteiger partial charge < -0.3 is 14.9 Å². The number of aliphatic hydroxyl groups excluding tert-OH is 1. The second-order valence-corrected chi connectivity index (χ2v) is 8.19. The fourth-order valence-corrected chi connectivity index (χ4v) is 4.09. The zero-order valence-corrected chi connectivity index (χ0v) is 17.6. The van der Waals surface area contributed by atoms with Crippen molar-refractivity contribution < 1.29 is 19.7 Å². The smallest absolute Gasteiger partial charge is 0.314 e. The Bertz CT molecular complexity index is 421. The summed E-state index contributed by atoms with van der Waals surface area (Å²) in [5.41, 5.74) is -1.26. The Labute approximate surface area is 166 Å². The molecule has 4 heteroatoms. The summed E-state index contributed by atoms with van der Waals surface area (Å²) in [6.07, 6.45) is 20.6. The van der Waals surface area contributed by atoms with Crippen LogP contribution in [0.4, 0.5) is 0 Å². The molecular formula is C23H42O4. The van der Waals surface area contributed by atoms with Crippen LogP contribution in [0.1, 0.15) is 103 Å². The molecule has 0 aromatic heterocycles. The maximum Gasteiger partial charge on any atom is 0.314 e. The fraction of sp³-hybridized carbons (Fsp3) is 0.870. The van der Waals surface area contributed by atoms with Crippen LogP contribution in [0.2, 0.25) is 0 Å². The number of methoxy groups -OCH3 is 1. The molecule has 1 rings (SSSR count). The number of hydrogen-bond acceptors (Lipinski definition) is 4. The van der Waals surface area contributed by atoms with Crippen molar-refractivity contribution in [2.45, 2.75) is 115 Å². The number of rotatable bonds is 16. The second kappa shape index (κ2) is 14.2. The summed E-state index contributed by atoms with van der Waals surface area (Å²) in [5.74, 6) is -1.43. The topological polar surface area (TPSA) is 66.8 Å². The molecule has 0 fully saturated rings. The summed E-state index contributed by atoms with van der Waals surface area (Å²) in [4.78, 5) is 11.8. The van der Waals surface area contributed by atoms with E-state index in [0.717, 1.165) is 12.8 Å². The first kappa shape index (κ1) is 24.2. The number of aliphatic hydroxyl groups is 2. The highest BCUT2D eigenvalue weighted by molar-refractivity contribution is 5.76. The highest BCUT2D eigenvalue weighted by Crippen LogP contribution is 2.35. The molecule has 4 nitrogen and oxygen atoms in total. The summed E-state index contributed by atoms with van der Waals surface area (Å²) in [6, 6.07) is 0. The van der Waals surface area contributed by atoms with Gasteiger partial charge in [-0.15, -0.1) is 0 Å². The molecule has 3 atom stereocenters. The summed E-state index contributed by atoms with van der Waals surface area (Å²) >= 11 is 0. The molecule has 0 spiro atoms. The van der Waals surface area contributed by atoms with E-state index in [9.17, 15) is 15.0 Å². The van der Waals surface area contributed by atoms with Crippen molar-refractivity contribution in [1.29, 1.82) is 0 Å². The summed E-state index contributed by atoms with van der Waals surface area (Å²) < 4.78 is 4.73. The molecule has 158 valence electrons. The van der Waals surface area contributed by atoms with Crippen molar-refractivity contribution in [2.75, 3.05) is 7.11 Å². The van der Waals surface area contributed by atoms with Gasteiger partial charge >= 0.3 is 5.97 Å². The summed E-state index contributed by atoms with van der Waals surface area (Å²) in [7, 11) is 1.29. The van der Waals surface area contributed by atoms with E-state index in [1.807, 2.05) is 0 Å². The van der Waals surface area contributed by atoms with Crippen molar-refractivity contribution >= 4 is 5.97 Å². The minimum Gasteiger partial charge on any atom is -0.469 e. The van der Waals surface area contributed by atoms with Crippen LogP contribution in [0, 0.1) is 5.92 Å². The number of ether oxygens (including phenoxy) is 1. The van der Waals surface area contributed by atoms with Gasteiger partial charge in [-0.05, 0) is 6.42 Å². The Morgan fingerprint density at radius 2 is 1.33 bits per heavy atom. The zero-order valence-electron chi connectivity index (χ0n) is 17.6. The zero-order chi connectivity index (χ0) is 20.0. The Morgan fingerprint density at radius 3 is 1.78 bits per heavy atom. The SMILES string of the molecule is CCCCCCCCCCCCCCCC[C@]1(O)C=C[C@H](O)[C@H]1C(=O)OC. The molecule has 0 radical (unpaired) electrons. The highest BCUT2D eigenvalue weighted by Gasteiger charge is 2.47. The molecule has 2 N–H and O–H groups in total. The van der Waals surface area contributed by atoms with Crippen molar-refractivity contribution in [3.63, 3.8) is 0 Å².